The van der Waals surface area contributed by atoms with Crippen molar-refractivity contribution in [3.63, 3.8) is 0 Å². The van der Waals surface area contributed by atoms with Crippen molar-refractivity contribution in [1.82, 2.24) is 15.2 Å². The normalized spacial score (nSPS) is 18.2. The molecule has 0 aliphatic heterocycles. The Kier molecular flexibility index (Phi) is 4.05. The Morgan fingerprint density at radius 2 is 2.10 bits per heavy atom. The van der Waals surface area contributed by atoms with Crippen molar-refractivity contribution in [2.45, 2.75) is 37.3 Å². The molecule has 0 spiro atoms. The van der Waals surface area contributed by atoms with Crippen molar-refractivity contribution < 1.29 is 4.74 Å². The molecule has 3 rings (SSSR count). The quantitative estimate of drug-likeness (QED) is 0.632. The van der Waals surface area contributed by atoms with E-state index in [1.165, 1.54) is 6.42 Å². The third-order valence-electron chi connectivity index (χ3n) is 4.50. The van der Waals surface area contributed by atoms with Crippen molar-refractivity contribution in [1.29, 1.82) is 0 Å². The topological polar surface area (TPSA) is 65.1 Å². The van der Waals surface area contributed by atoms with E-state index in [0.29, 0.717) is 0 Å². The first kappa shape index (κ1) is 14.3. The molecule has 1 aromatic heterocycles. The lowest BCUT2D eigenvalue weighted by molar-refractivity contribution is -0.0842. The number of hydrazine groups is 1. The maximum Gasteiger partial charge on any atom is 0.0698 e. The molecule has 1 aromatic carbocycles. The zero-order chi connectivity index (χ0) is 14.7. The van der Waals surface area contributed by atoms with Crippen LogP contribution in [0.1, 0.15) is 37.4 Å². The van der Waals surface area contributed by atoms with E-state index >= 15 is 0 Å². The summed E-state index contributed by atoms with van der Waals surface area (Å²) in [4.78, 5) is 0. The summed E-state index contributed by atoms with van der Waals surface area (Å²) in [6, 6.07) is 12.1. The molecule has 1 saturated carbocycles. The highest BCUT2D eigenvalue weighted by Crippen LogP contribution is 2.41. The molecule has 1 unspecified atom stereocenters. The van der Waals surface area contributed by atoms with Crippen molar-refractivity contribution in [3.05, 3.63) is 48.3 Å². The second kappa shape index (κ2) is 5.97. The molecule has 1 aliphatic carbocycles. The molecule has 3 N–H and O–H groups in total. The zero-order valence-electron chi connectivity index (χ0n) is 12.3. The van der Waals surface area contributed by atoms with Gasteiger partial charge in [-0.15, -0.1) is 0 Å². The SMILES string of the molecule is COC1(CC(NN)c2ccnn2-c2ccccc2)CCC1. The van der Waals surface area contributed by atoms with Crippen LogP contribution in [0.4, 0.5) is 0 Å². The molecule has 0 amide bonds. The predicted molar refractivity (Wildman–Crippen MR) is 81.8 cm³/mol. The summed E-state index contributed by atoms with van der Waals surface area (Å²) < 4.78 is 7.66. The van der Waals surface area contributed by atoms with Crippen LogP contribution in [0.2, 0.25) is 0 Å². The fourth-order valence-electron chi connectivity index (χ4n) is 3.05. The van der Waals surface area contributed by atoms with E-state index < -0.39 is 0 Å². The molecular weight excluding hydrogens is 264 g/mol. The van der Waals surface area contributed by atoms with Gasteiger partial charge in [0.05, 0.1) is 23.0 Å². The Morgan fingerprint density at radius 3 is 2.67 bits per heavy atom. The number of para-hydroxylation sites is 1. The van der Waals surface area contributed by atoms with Gasteiger partial charge in [0.1, 0.15) is 0 Å². The third kappa shape index (κ3) is 2.72. The van der Waals surface area contributed by atoms with Crippen molar-refractivity contribution in [2.24, 2.45) is 5.84 Å². The average molecular weight is 286 g/mol. The predicted octanol–water partition coefficient (Wildman–Crippen LogP) is 2.34. The molecule has 0 radical (unpaired) electrons. The number of ether oxygens (including phenoxy) is 1. The van der Waals surface area contributed by atoms with Gasteiger partial charge >= 0.3 is 0 Å². The van der Waals surface area contributed by atoms with Gasteiger partial charge in [0.25, 0.3) is 0 Å². The van der Waals surface area contributed by atoms with Gasteiger partial charge in [-0.25, -0.2) is 4.68 Å². The minimum atomic E-state index is -0.0389. The standard InChI is InChI=1S/C16H22N4O/c1-21-16(9-5-10-16)12-14(19-17)15-8-11-18-20(15)13-6-3-2-4-7-13/h2-4,6-8,11,14,19H,5,9-10,12,17H2,1H3. The number of hydrogen-bond acceptors (Lipinski definition) is 4. The Hall–Kier alpha value is -1.69. The van der Waals surface area contributed by atoms with Gasteiger partial charge in [-0.3, -0.25) is 11.3 Å². The lowest BCUT2D eigenvalue weighted by Gasteiger charge is -2.42. The van der Waals surface area contributed by atoms with Crippen LogP contribution in [-0.2, 0) is 4.74 Å². The van der Waals surface area contributed by atoms with Crippen LogP contribution in [0, 0.1) is 0 Å². The first-order valence-electron chi connectivity index (χ1n) is 7.39. The van der Waals surface area contributed by atoms with Crippen LogP contribution in [0.5, 0.6) is 0 Å². The van der Waals surface area contributed by atoms with Crippen LogP contribution in [0.3, 0.4) is 0 Å². The highest BCUT2D eigenvalue weighted by Gasteiger charge is 2.39. The van der Waals surface area contributed by atoms with Crippen molar-refractivity contribution >= 4 is 0 Å². The van der Waals surface area contributed by atoms with E-state index in [1.54, 1.807) is 7.11 Å². The molecule has 1 aliphatic rings. The fraction of sp³-hybridized carbons (Fsp3) is 0.438. The minimum Gasteiger partial charge on any atom is -0.378 e. The summed E-state index contributed by atoms with van der Waals surface area (Å²) in [6.45, 7) is 0. The molecular formula is C16H22N4O. The zero-order valence-corrected chi connectivity index (χ0v) is 12.3. The lowest BCUT2D eigenvalue weighted by atomic mass is 9.75. The lowest BCUT2D eigenvalue weighted by Crippen LogP contribution is -2.44. The smallest absolute Gasteiger partial charge is 0.0698 e. The Balaban J connectivity index is 1.87. The highest BCUT2D eigenvalue weighted by molar-refractivity contribution is 5.33. The van der Waals surface area contributed by atoms with Gasteiger partial charge in [0.15, 0.2) is 0 Å². The summed E-state index contributed by atoms with van der Waals surface area (Å²) in [5, 5.41) is 4.44. The summed E-state index contributed by atoms with van der Waals surface area (Å²) in [5.41, 5.74) is 4.99. The van der Waals surface area contributed by atoms with Crippen LogP contribution in [-0.4, -0.2) is 22.5 Å². The molecule has 0 bridgehead atoms. The number of nitrogens with zero attached hydrogens (tertiary/aromatic N) is 2. The molecule has 112 valence electrons. The fourth-order valence-corrected chi connectivity index (χ4v) is 3.05. The van der Waals surface area contributed by atoms with Crippen LogP contribution >= 0.6 is 0 Å². The Labute approximate surface area is 125 Å². The maximum atomic E-state index is 5.80. The number of nitrogens with two attached hydrogens (primary N) is 1. The van der Waals surface area contributed by atoms with Crippen LogP contribution < -0.4 is 11.3 Å². The van der Waals surface area contributed by atoms with E-state index in [0.717, 1.165) is 30.6 Å². The average Bonchev–Trinajstić information content (AvgIpc) is 2.97. The molecule has 5 heteroatoms. The van der Waals surface area contributed by atoms with Crippen LogP contribution in [0.25, 0.3) is 5.69 Å². The largest absolute Gasteiger partial charge is 0.378 e. The number of hydrogen-bond donors (Lipinski definition) is 2. The number of aromatic nitrogens is 2. The second-order valence-electron chi connectivity index (χ2n) is 5.67. The van der Waals surface area contributed by atoms with E-state index in [-0.39, 0.29) is 11.6 Å². The summed E-state index contributed by atoms with van der Waals surface area (Å²) in [6.07, 6.45) is 6.09. The highest BCUT2D eigenvalue weighted by atomic mass is 16.5. The molecule has 5 nitrogen and oxygen atoms in total. The second-order valence-corrected chi connectivity index (χ2v) is 5.67. The number of rotatable bonds is 6. The molecule has 1 fully saturated rings. The number of methoxy groups -OCH3 is 1. The minimum absolute atomic E-state index is 0.0213. The first-order valence-corrected chi connectivity index (χ1v) is 7.39. The Bertz CT molecular complexity index is 571. The monoisotopic (exact) mass is 286 g/mol. The number of benzene rings is 1. The summed E-state index contributed by atoms with van der Waals surface area (Å²) in [7, 11) is 1.79. The molecule has 21 heavy (non-hydrogen) atoms. The van der Waals surface area contributed by atoms with E-state index in [2.05, 4.69) is 10.5 Å². The summed E-state index contributed by atoms with van der Waals surface area (Å²) >= 11 is 0. The molecule has 0 saturated heterocycles. The molecule has 1 atom stereocenters. The van der Waals surface area contributed by atoms with Crippen LogP contribution in [0.15, 0.2) is 42.6 Å². The van der Waals surface area contributed by atoms with Crippen molar-refractivity contribution in [3.8, 4) is 5.69 Å². The van der Waals surface area contributed by atoms with E-state index in [9.17, 15) is 0 Å². The van der Waals surface area contributed by atoms with Gasteiger partial charge in [0, 0.05) is 13.3 Å². The van der Waals surface area contributed by atoms with E-state index in [4.69, 9.17) is 10.6 Å². The van der Waals surface area contributed by atoms with Crippen molar-refractivity contribution in [2.75, 3.05) is 7.11 Å². The van der Waals surface area contributed by atoms with Gasteiger partial charge in [-0.05, 0) is 43.9 Å². The number of nitrogens with one attached hydrogen (secondary N) is 1. The van der Waals surface area contributed by atoms with E-state index in [1.807, 2.05) is 47.3 Å². The first-order chi connectivity index (χ1) is 10.3. The molecule has 1 heterocycles. The van der Waals surface area contributed by atoms with Gasteiger partial charge < -0.3 is 4.74 Å². The van der Waals surface area contributed by atoms with Gasteiger partial charge in [-0.2, -0.15) is 5.10 Å². The Morgan fingerprint density at radius 1 is 1.33 bits per heavy atom. The summed E-state index contributed by atoms with van der Waals surface area (Å²) in [5.74, 6) is 5.80. The van der Waals surface area contributed by atoms with Gasteiger partial charge in [0.2, 0.25) is 0 Å². The third-order valence-corrected chi connectivity index (χ3v) is 4.50. The molecule has 2 aromatic rings. The van der Waals surface area contributed by atoms with Gasteiger partial charge in [-0.1, -0.05) is 18.2 Å². The maximum absolute atomic E-state index is 5.80.